The number of alkyl halides is 1. The van der Waals surface area contributed by atoms with Gasteiger partial charge in [-0.1, -0.05) is 22.4 Å². The average Bonchev–Trinajstić information content (AvgIpc) is 1.94. The van der Waals surface area contributed by atoms with Crippen molar-refractivity contribution in [1.29, 1.82) is 0 Å². The molecule has 1 rings (SSSR count). The van der Waals surface area contributed by atoms with Crippen LogP contribution in [0, 0.1) is 5.92 Å². The lowest BCUT2D eigenvalue weighted by Crippen LogP contribution is -2.37. The van der Waals surface area contributed by atoms with E-state index in [1.807, 2.05) is 0 Å². The molecular formula is C7H10BrNO2. The number of hydrogen-bond acceptors (Lipinski definition) is 2. The summed E-state index contributed by atoms with van der Waals surface area (Å²) in [7, 11) is 0. The molecule has 0 aromatic heterocycles. The maximum absolute atomic E-state index is 11.2. The van der Waals surface area contributed by atoms with E-state index in [1.165, 1.54) is 0 Å². The molecule has 0 saturated heterocycles. The van der Waals surface area contributed by atoms with E-state index in [1.54, 1.807) is 0 Å². The summed E-state index contributed by atoms with van der Waals surface area (Å²) in [5.74, 6) is -1.09. The molecule has 2 atom stereocenters. The van der Waals surface area contributed by atoms with Gasteiger partial charge < -0.3 is 5.73 Å². The van der Waals surface area contributed by atoms with Crippen molar-refractivity contribution < 1.29 is 9.59 Å². The molecule has 62 valence electrons. The molecule has 1 aliphatic rings. The standard InChI is InChI=1S/C7H10BrNO2/c8-5-3-1-2-4(6(5)10)7(9)11/h4-5H,1-3H2,(H2,9,11)/t4-,5-/m1/s1. The first kappa shape index (κ1) is 8.71. The topological polar surface area (TPSA) is 60.2 Å². The van der Waals surface area contributed by atoms with E-state index in [4.69, 9.17) is 5.73 Å². The highest BCUT2D eigenvalue weighted by atomic mass is 79.9. The monoisotopic (exact) mass is 219 g/mol. The first-order chi connectivity index (χ1) is 5.13. The van der Waals surface area contributed by atoms with Crippen molar-refractivity contribution in [3.05, 3.63) is 0 Å². The molecule has 0 spiro atoms. The lowest BCUT2D eigenvalue weighted by atomic mass is 9.87. The number of carbonyl (C=O) groups is 2. The van der Waals surface area contributed by atoms with Crippen LogP contribution in [0.4, 0.5) is 0 Å². The van der Waals surface area contributed by atoms with Crippen LogP contribution in [0.2, 0.25) is 0 Å². The van der Waals surface area contributed by atoms with Gasteiger partial charge in [-0.05, 0) is 12.8 Å². The van der Waals surface area contributed by atoms with Crippen LogP contribution in [-0.2, 0) is 9.59 Å². The summed E-state index contributed by atoms with van der Waals surface area (Å²) in [5.41, 5.74) is 5.04. The van der Waals surface area contributed by atoms with Crippen molar-refractivity contribution in [2.45, 2.75) is 24.1 Å². The van der Waals surface area contributed by atoms with Crippen LogP contribution in [0.1, 0.15) is 19.3 Å². The Morgan fingerprint density at radius 3 is 2.64 bits per heavy atom. The third kappa shape index (κ3) is 1.80. The van der Waals surface area contributed by atoms with Crippen LogP contribution in [0.5, 0.6) is 0 Å². The maximum Gasteiger partial charge on any atom is 0.228 e. The molecule has 1 saturated carbocycles. The molecule has 1 fully saturated rings. The maximum atomic E-state index is 11.2. The molecule has 0 aromatic carbocycles. The lowest BCUT2D eigenvalue weighted by Gasteiger charge is -2.21. The van der Waals surface area contributed by atoms with Crippen LogP contribution in [0.3, 0.4) is 0 Å². The molecule has 0 radical (unpaired) electrons. The van der Waals surface area contributed by atoms with Gasteiger partial charge in [0.25, 0.3) is 0 Å². The molecule has 0 aromatic rings. The van der Waals surface area contributed by atoms with Crippen molar-refractivity contribution in [2.75, 3.05) is 0 Å². The van der Waals surface area contributed by atoms with Gasteiger partial charge in [0.1, 0.15) is 0 Å². The third-order valence-electron chi connectivity index (χ3n) is 1.95. The fourth-order valence-electron chi connectivity index (χ4n) is 1.29. The molecule has 0 bridgehead atoms. The number of ketones is 1. The van der Waals surface area contributed by atoms with Crippen LogP contribution >= 0.6 is 15.9 Å². The van der Waals surface area contributed by atoms with E-state index in [9.17, 15) is 9.59 Å². The highest BCUT2D eigenvalue weighted by Gasteiger charge is 2.32. The molecule has 4 heteroatoms. The van der Waals surface area contributed by atoms with Crippen molar-refractivity contribution >= 4 is 27.6 Å². The predicted molar refractivity (Wildman–Crippen MR) is 44.3 cm³/mol. The minimum absolute atomic E-state index is 0.0521. The largest absolute Gasteiger partial charge is 0.369 e. The average molecular weight is 220 g/mol. The van der Waals surface area contributed by atoms with E-state index in [2.05, 4.69) is 15.9 Å². The van der Waals surface area contributed by atoms with E-state index in [0.29, 0.717) is 6.42 Å². The van der Waals surface area contributed by atoms with Gasteiger partial charge in [0.15, 0.2) is 5.78 Å². The third-order valence-corrected chi connectivity index (χ3v) is 2.86. The molecule has 0 heterocycles. The highest BCUT2D eigenvalue weighted by Crippen LogP contribution is 2.25. The number of halogens is 1. The normalized spacial score (nSPS) is 31.9. The molecule has 1 aliphatic carbocycles. The number of rotatable bonds is 1. The molecule has 0 unspecified atom stereocenters. The SMILES string of the molecule is NC(=O)[C@@H]1CCC[C@@H](Br)C1=O. The minimum Gasteiger partial charge on any atom is -0.369 e. The van der Waals surface area contributed by atoms with E-state index in [0.717, 1.165) is 12.8 Å². The quantitative estimate of drug-likeness (QED) is 0.519. The number of hydrogen-bond donors (Lipinski definition) is 1. The summed E-state index contributed by atoms with van der Waals surface area (Å²) in [6.07, 6.45) is 2.34. The highest BCUT2D eigenvalue weighted by molar-refractivity contribution is 9.10. The molecular weight excluding hydrogens is 210 g/mol. The number of amides is 1. The zero-order valence-corrected chi connectivity index (χ0v) is 7.63. The Bertz CT molecular complexity index is 193. The van der Waals surface area contributed by atoms with Gasteiger partial charge in [-0.25, -0.2) is 0 Å². The molecule has 0 aliphatic heterocycles. The smallest absolute Gasteiger partial charge is 0.228 e. The van der Waals surface area contributed by atoms with Crippen LogP contribution in [0.25, 0.3) is 0 Å². The second kappa shape index (κ2) is 3.34. The van der Waals surface area contributed by atoms with Gasteiger partial charge in [-0.2, -0.15) is 0 Å². The zero-order valence-electron chi connectivity index (χ0n) is 6.05. The first-order valence-corrected chi connectivity index (χ1v) is 4.51. The number of primary amides is 1. The fourth-order valence-corrected chi connectivity index (χ4v) is 1.93. The van der Waals surface area contributed by atoms with Crippen molar-refractivity contribution in [1.82, 2.24) is 0 Å². The summed E-state index contributed by atoms with van der Waals surface area (Å²) in [6, 6.07) is 0. The van der Waals surface area contributed by atoms with Gasteiger partial charge in [-0.15, -0.1) is 0 Å². The Balaban J connectivity index is 2.66. The fraction of sp³-hybridized carbons (Fsp3) is 0.714. The van der Waals surface area contributed by atoms with E-state index in [-0.39, 0.29) is 10.6 Å². The zero-order chi connectivity index (χ0) is 8.43. The van der Waals surface area contributed by atoms with Gasteiger partial charge >= 0.3 is 0 Å². The Morgan fingerprint density at radius 1 is 1.55 bits per heavy atom. The Hall–Kier alpha value is -0.380. The van der Waals surface area contributed by atoms with Crippen molar-refractivity contribution in [2.24, 2.45) is 11.7 Å². The predicted octanol–water partition coefficient (Wildman–Crippen LogP) is 0.604. The summed E-state index contributed by atoms with van der Waals surface area (Å²) >= 11 is 3.21. The van der Waals surface area contributed by atoms with E-state index < -0.39 is 11.8 Å². The number of Topliss-reactive ketones (excluding diaryl/α,β-unsaturated/α-hetero) is 1. The molecule has 3 nitrogen and oxygen atoms in total. The first-order valence-electron chi connectivity index (χ1n) is 3.60. The summed E-state index contributed by atoms with van der Waals surface area (Å²) in [5, 5.41) is 0. The summed E-state index contributed by atoms with van der Waals surface area (Å²) < 4.78 is 0. The number of nitrogens with two attached hydrogens (primary N) is 1. The van der Waals surface area contributed by atoms with Gasteiger partial charge in [0.05, 0.1) is 10.7 Å². The summed E-state index contributed by atoms with van der Waals surface area (Å²) in [6.45, 7) is 0. The van der Waals surface area contributed by atoms with E-state index >= 15 is 0 Å². The molecule has 11 heavy (non-hydrogen) atoms. The Morgan fingerprint density at radius 2 is 2.18 bits per heavy atom. The van der Waals surface area contributed by atoms with Crippen molar-refractivity contribution in [3.63, 3.8) is 0 Å². The van der Waals surface area contributed by atoms with Crippen LogP contribution < -0.4 is 5.73 Å². The van der Waals surface area contributed by atoms with Gasteiger partial charge in [-0.3, -0.25) is 9.59 Å². The van der Waals surface area contributed by atoms with Crippen LogP contribution in [-0.4, -0.2) is 16.5 Å². The number of carbonyl (C=O) groups excluding carboxylic acids is 2. The molecule has 1 amide bonds. The summed E-state index contributed by atoms with van der Waals surface area (Å²) in [4.78, 5) is 21.8. The van der Waals surface area contributed by atoms with Gasteiger partial charge in [0, 0.05) is 0 Å². The second-order valence-electron chi connectivity index (χ2n) is 2.76. The minimum atomic E-state index is -0.548. The Labute approximate surface area is 73.5 Å². The van der Waals surface area contributed by atoms with Crippen LogP contribution in [0.15, 0.2) is 0 Å². The second-order valence-corrected chi connectivity index (χ2v) is 3.86. The molecule has 2 N–H and O–H groups in total. The lowest BCUT2D eigenvalue weighted by molar-refractivity contribution is -0.133. The van der Waals surface area contributed by atoms with Crippen molar-refractivity contribution in [3.8, 4) is 0 Å². The Kier molecular flexibility index (Phi) is 2.65. The van der Waals surface area contributed by atoms with Gasteiger partial charge in [0.2, 0.25) is 5.91 Å².